The molecule has 13 rings (SSSR count). The first kappa shape index (κ1) is 43.6. The molecule has 0 saturated heterocycles. The minimum atomic E-state index is 0.681. The second-order valence-electron chi connectivity index (χ2n) is 18.8. The SMILES string of the molecule is C1=CCCC(c2cc(-c3ccccc3)cc3c2c2c(-c4ccccc4)cc(-c4ccccc4)cc2n3-c2c(-c3ccccc3)cc(-c3cc(-c4ccccc4)nc(-c4ccccc4)n3)cc2-c2ccccc2)=C1. The van der Waals surface area contributed by atoms with Gasteiger partial charge >= 0.3 is 0 Å². The van der Waals surface area contributed by atoms with E-state index in [1.165, 1.54) is 44.2 Å². The van der Waals surface area contributed by atoms with E-state index < -0.39 is 0 Å². The molecule has 2 heterocycles. The van der Waals surface area contributed by atoms with E-state index >= 15 is 0 Å². The van der Waals surface area contributed by atoms with Crippen molar-refractivity contribution < 1.29 is 0 Å². The van der Waals surface area contributed by atoms with Crippen molar-refractivity contribution in [1.29, 1.82) is 0 Å². The highest BCUT2D eigenvalue weighted by molar-refractivity contribution is 6.21. The lowest BCUT2D eigenvalue weighted by Crippen LogP contribution is -2.03. The van der Waals surface area contributed by atoms with Crippen LogP contribution >= 0.6 is 0 Å². The Hall–Kier alpha value is -9.44. The quantitative estimate of drug-likeness (QED) is 0.137. The summed E-state index contributed by atoms with van der Waals surface area (Å²) < 4.78 is 2.61. The number of aromatic nitrogens is 3. The second kappa shape index (κ2) is 19.0. The Morgan fingerprint density at radius 3 is 1.16 bits per heavy atom. The molecule has 73 heavy (non-hydrogen) atoms. The molecule has 0 spiro atoms. The first-order valence-corrected chi connectivity index (χ1v) is 25.2. The molecule has 344 valence electrons. The third-order valence-electron chi connectivity index (χ3n) is 14.3. The van der Waals surface area contributed by atoms with Crippen molar-refractivity contribution in [1.82, 2.24) is 14.5 Å². The van der Waals surface area contributed by atoms with Gasteiger partial charge in [0.05, 0.1) is 28.1 Å². The van der Waals surface area contributed by atoms with Gasteiger partial charge in [0.1, 0.15) is 0 Å². The third-order valence-corrected chi connectivity index (χ3v) is 14.3. The van der Waals surface area contributed by atoms with E-state index in [9.17, 15) is 0 Å². The van der Waals surface area contributed by atoms with E-state index in [1.54, 1.807) is 0 Å². The maximum absolute atomic E-state index is 5.43. The molecule has 12 aromatic rings. The summed E-state index contributed by atoms with van der Waals surface area (Å²) >= 11 is 0. The van der Waals surface area contributed by atoms with Crippen molar-refractivity contribution in [3.05, 3.63) is 279 Å². The topological polar surface area (TPSA) is 30.7 Å². The van der Waals surface area contributed by atoms with Gasteiger partial charge in [-0.15, -0.1) is 0 Å². The van der Waals surface area contributed by atoms with Crippen LogP contribution in [0.3, 0.4) is 0 Å². The molecule has 0 saturated carbocycles. The van der Waals surface area contributed by atoms with Gasteiger partial charge in [0.15, 0.2) is 5.82 Å². The summed E-state index contributed by atoms with van der Waals surface area (Å²) in [5, 5.41) is 2.47. The van der Waals surface area contributed by atoms with Crippen molar-refractivity contribution in [2.75, 3.05) is 0 Å². The molecule has 3 nitrogen and oxygen atoms in total. The number of benzene rings is 10. The fourth-order valence-electron chi connectivity index (χ4n) is 10.8. The average molecular weight is 932 g/mol. The Morgan fingerprint density at radius 2 is 0.699 bits per heavy atom. The molecule has 0 amide bonds. The molecule has 0 bridgehead atoms. The summed E-state index contributed by atoms with van der Waals surface area (Å²) in [6.45, 7) is 0. The van der Waals surface area contributed by atoms with Gasteiger partial charge in [0, 0.05) is 38.6 Å². The lowest BCUT2D eigenvalue weighted by atomic mass is 9.88. The molecule has 0 fully saturated rings. The number of nitrogens with zero attached hydrogens (tertiary/aromatic N) is 3. The Kier molecular flexibility index (Phi) is 11.4. The van der Waals surface area contributed by atoms with Crippen LogP contribution in [0.5, 0.6) is 0 Å². The Morgan fingerprint density at radius 1 is 0.315 bits per heavy atom. The molecule has 0 N–H and O–H groups in total. The van der Waals surface area contributed by atoms with Crippen LogP contribution < -0.4 is 0 Å². The zero-order valence-corrected chi connectivity index (χ0v) is 40.2. The summed E-state index contributed by atoms with van der Waals surface area (Å²) in [6, 6.07) is 92.0. The van der Waals surface area contributed by atoms with Gasteiger partial charge in [-0.2, -0.15) is 0 Å². The van der Waals surface area contributed by atoms with Gasteiger partial charge in [-0.05, 0) is 111 Å². The molecule has 0 aliphatic heterocycles. The summed E-state index contributed by atoms with van der Waals surface area (Å²) in [7, 11) is 0. The first-order valence-electron chi connectivity index (χ1n) is 25.2. The van der Waals surface area contributed by atoms with Crippen LogP contribution in [0.25, 0.3) is 123 Å². The predicted molar refractivity (Wildman–Crippen MR) is 306 cm³/mol. The van der Waals surface area contributed by atoms with Crippen LogP contribution in [-0.4, -0.2) is 14.5 Å². The molecule has 1 aliphatic carbocycles. The first-order chi connectivity index (χ1) is 36.2. The fraction of sp³-hybridized carbons (Fsp3) is 0.0286. The largest absolute Gasteiger partial charge is 0.308 e. The highest BCUT2D eigenvalue weighted by Crippen LogP contribution is 2.50. The maximum Gasteiger partial charge on any atom is 0.160 e. The molecular weight excluding hydrogens is 883 g/mol. The van der Waals surface area contributed by atoms with E-state index in [2.05, 4.69) is 272 Å². The monoisotopic (exact) mass is 931 g/mol. The van der Waals surface area contributed by atoms with E-state index in [4.69, 9.17) is 9.97 Å². The highest BCUT2D eigenvalue weighted by Gasteiger charge is 2.27. The van der Waals surface area contributed by atoms with Crippen molar-refractivity contribution in [3.63, 3.8) is 0 Å². The van der Waals surface area contributed by atoms with Crippen molar-refractivity contribution in [2.24, 2.45) is 0 Å². The van der Waals surface area contributed by atoms with Crippen LogP contribution in [0.4, 0.5) is 0 Å². The lowest BCUT2D eigenvalue weighted by Gasteiger charge is -2.22. The van der Waals surface area contributed by atoms with Crippen molar-refractivity contribution in [3.8, 4) is 95.2 Å². The molecule has 0 atom stereocenters. The minimum absolute atomic E-state index is 0.681. The van der Waals surface area contributed by atoms with Gasteiger partial charge in [0.2, 0.25) is 0 Å². The summed E-state index contributed by atoms with van der Waals surface area (Å²) in [5.74, 6) is 0.681. The summed E-state index contributed by atoms with van der Waals surface area (Å²) in [5.41, 5.74) is 22.1. The van der Waals surface area contributed by atoms with Crippen LogP contribution in [0.1, 0.15) is 18.4 Å². The minimum Gasteiger partial charge on any atom is -0.308 e. The van der Waals surface area contributed by atoms with E-state index in [-0.39, 0.29) is 0 Å². The average Bonchev–Trinajstić information content (AvgIpc) is 3.81. The molecule has 0 unspecified atom stereocenters. The number of rotatable bonds is 10. The zero-order chi connectivity index (χ0) is 48.5. The van der Waals surface area contributed by atoms with Gasteiger partial charge in [0.25, 0.3) is 0 Å². The molecule has 3 heteroatoms. The van der Waals surface area contributed by atoms with Gasteiger partial charge in [-0.1, -0.05) is 231 Å². The van der Waals surface area contributed by atoms with Crippen LogP contribution in [0.15, 0.2) is 273 Å². The number of hydrogen-bond donors (Lipinski definition) is 0. The Balaban J connectivity index is 1.22. The van der Waals surface area contributed by atoms with E-state index in [1.807, 2.05) is 6.07 Å². The zero-order valence-electron chi connectivity index (χ0n) is 40.2. The smallest absolute Gasteiger partial charge is 0.160 e. The third kappa shape index (κ3) is 8.27. The maximum atomic E-state index is 5.43. The predicted octanol–water partition coefficient (Wildman–Crippen LogP) is 18.6. The number of allylic oxidation sites excluding steroid dienone is 4. The number of hydrogen-bond acceptors (Lipinski definition) is 2. The summed E-state index contributed by atoms with van der Waals surface area (Å²) in [6.07, 6.45) is 8.81. The normalized spacial score (nSPS) is 12.3. The molecule has 10 aromatic carbocycles. The van der Waals surface area contributed by atoms with Crippen molar-refractivity contribution >= 4 is 27.4 Å². The molecule has 1 aliphatic rings. The summed E-state index contributed by atoms with van der Waals surface area (Å²) in [4.78, 5) is 10.6. The van der Waals surface area contributed by atoms with Gasteiger partial charge in [-0.25, -0.2) is 9.97 Å². The Labute approximate surface area is 426 Å². The van der Waals surface area contributed by atoms with Gasteiger partial charge in [-0.3, -0.25) is 0 Å². The number of fused-ring (bicyclic) bond motifs is 3. The van der Waals surface area contributed by atoms with Crippen LogP contribution in [0.2, 0.25) is 0 Å². The van der Waals surface area contributed by atoms with Gasteiger partial charge < -0.3 is 4.57 Å². The lowest BCUT2D eigenvalue weighted by molar-refractivity contribution is 1.06. The molecule has 2 aromatic heterocycles. The standard InChI is InChI=1S/C70H49N3/c1-9-25-48(26-10-1)56-41-59(50-29-13-3-14-30-50)67-65(45-56)73(66-46-57(49-27-11-2-12-28-49)42-60(68(66)67)51-31-15-4-16-32-51)69-61(52-33-17-5-18-34-52)43-58(44-62(69)53-35-19-6-20-36-53)64-47-63(54-37-21-7-22-38-54)71-70(72-64)55-39-23-8-24-40-55/h1-15,17-31,33-47H,16,32H2. The highest BCUT2D eigenvalue weighted by atomic mass is 15.0. The molecular formula is C70H49N3. The van der Waals surface area contributed by atoms with E-state index in [0.29, 0.717) is 5.82 Å². The van der Waals surface area contributed by atoms with Crippen molar-refractivity contribution in [2.45, 2.75) is 12.8 Å². The Bertz CT molecular complexity index is 3890. The molecule has 0 radical (unpaired) electrons. The van der Waals surface area contributed by atoms with E-state index in [0.717, 1.165) is 91.0 Å². The van der Waals surface area contributed by atoms with Crippen LogP contribution in [0, 0.1) is 0 Å². The van der Waals surface area contributed by atoms with Crippen LogP contribution in [-0.2, 0) is 0 Å². The second-order valence-corrected chi connectivity index (χ2v) is 18.8. The fourth-order valence-corrected chi connectivity index (χ4v) is 10.8.